The number of hydrazine groups is 2. The van der Waals surface area contributed by atoms with Crippen LogP contribution in [0.4, 0.5) is 0 Å². The minimum atomic E-state index is -0.526. The van der Waals surface area contributed by atoms with Crippen LogP contribution in [0, 0.1) is 0 Å². The van der Waals surface area contributed by atoms with Gasteiger partial charge in [-0.05, 0) is 32.1 Å². The van der Waals surface area contributed by atoms with Crippen LogP contribution in [0.2, 0.25) is 0 Å². The highest BCUT2D eigenvalue weighted by molar-refractivity contribution is 5.82. The second-order valence-corrected chi connectivity index (χ2v) is 7.02. The lowest BCUT2D eigenvalue weighted by molar-refractivity contribution is -0.124. The van der Waals surface area contributed by atoms with Crippen LogP contribution in [0.5, 0.6) is 0 Å². The Hall–Kier alpha value is -0.810. The van der Waals surface area contributed by atoms with E-state index in [1.807, 2.05) is 5.01 Å². The molecule has 0 aromatic carbocycles. The molecule has 2 heterocycles. The molecular formula is C16H31N5O4. The number of ether oxygens (including phenoxy) is 3. The van der Waals surface area contributed by atoms with Crippen LogP contribution in [0.25, 0.3) is 0 Å². The molecule has 2 aliphatic heterocycles. The smallest absolute Gasteiger partial charge is 0.241 e. The molecule has 0 bridgehead atoms. The Balaban J connectivity index is 1.55. The third-order valence-electron chi connectivity index (χ3n) is 5.52. The fourth-order valence-electron chi connectivity index (χ4n) is 3.98. The van der Waals surface area contributed by atoms with Gasteiger partial charge in [0.2, 0.25) is 5.91 Å². The first-order valence-corrected chi connectivity index (χ1v) is 9.14. The molecule has 0 aromatic heterocycles. The van der Waals surface area contributed by atoms with Crippen LogP contribution in [0.3, 0.4) is 0 Å². The van der Waals surface area contributed by atoms with Gasteiger partial charge in [0.15, 0.2) is 0 Å². The van der Waals surface area contributed by atoms with E-state index in [1.54, 1.807) is 14.2 Å². The zero-order chi connectivity index (χ0) is 17.8. The molecule has 0 radical (unpaired) electrons. The largest absolute Gasteiger partial charge is 0.381 e. The standard InChI is InChI=1S/C16H31N5O4/c1-23-10-5-6-13(24-2)12(8-10)21-15(17)14(19-20-21)16(22)18-9-11-4-3-7-25-11/h10-15,19-20H,3-9,17H2,1-2H3,(H,18,22). The van der Waals surface area contributed by atoms with Crippen LogP contribution >= 0.6 is 0 Å². The second kappa shape index (κ2) is 8.72. The number of amides is 1. The van der Waals surface area contributed by atoms with Gasteiger partial charge < -0.3 is 25.3 Å². The Labute approximate surface area is 148 Å². The van der Waals surface area contributed by atoms with Crippen molar-refractivity contribution in [3.63, 3.8) is 0 Å². The zero-order valence-electron chi connectivity index (χ0n) is 15.1. The summed E-state index contributed by atoms with van der Waals surface area (Å²) in [7, 11) is 3.44. The van der Waals surface area contributed by atoms with E-state index in [0.29, 0.717) is 6.54 Å². The molecule has 1 aliphatic carbocycles. The van der Waals surface area contributed by atoms with Gasteiger partial charge in [-0.1, -0.05) is 0 Å². The Morgan fingerprint density at radius 3 is 2.84 bits per heavy atom. The highest BCUT2D eigenvalue weighted by Crippen LogP contribution is 2.28. The number of nitrogens with one attached hydrogen (secondary N) is 3. The molecule has 3 aliphatic rings. The zero-order valence-corrected chi connectivity index (χ0v) is 15.1. The molecule has 3 rings (SSSR count). The van der Waals surface area contributed by atoms with Crippen molar-refractivity contribution < 1.29 is 19.0 Å². The summed E-state index contributed by atoms with van der Waals surface area (Å²) in [6, 6.07) is -0.482. The third kappa shape index (κ3) is 4.30. The number of carbonyl (C=O) groups excluding carboxylic acids is 1. The normalized spacial score (nSPS) is 39.6. The van der Waals surface area contributed by atoms with Crippen molar-refractivity contribution in [2.45, 2.75) is 68.7 Å². The number of methoxy groups -OCH3 is 2. The third-order valence-corrected chi connectivity index (χ3v) is 5.52. The fraction of sp³-hybridized carbons (Fsp3) is 0.938. The number of rotatable bonds is 6. The van der Waals surface area contributed by atoms with Gasteiger partial charge in [-0.3, -0.25) is 4.79 Å². The van der Waals surface area contributed by atoms with Crippen LogP contribution in [-0.2, 0) is 19.0 Å². The summed E-state index contributed by atoms with van der Waals surface area (Å²) < 4.78 is 16.7. The molecule has 3 fully saturated rings. The van der Waals surface area contributed by atoms with Crippen molar-refractivity contribution in [2.75, 3.05) is 27.4 Å². The summed E-state index contributed by atoms with van der Waals surface area (Å²) in [6.45, 7) is 1.30. The van der Waals surface area contributed by atoms with E-state index in [2.05, 4.69) is 16.3 Å². The lowest BCUT2D eigenvalue weighted by atomic mass is 9.89. The molecule has 2 saturated heterocycles. The van der Waals surface area contributed by atoms with Crippen LogP contribution in [0.1, 0.15) is 32.1 Å². The summed E-state index contributed by atoms with van der Waals surface area (Å²) >= 11 is 0. The summed E-state index contributed by atoms with van der Waals surface area (Å²) in [6.07, 6.45) is 4.59. The number of hydrogen-bond donors (Lipinski definition) is 4. The lowest BCUT2D eigenvalue weighted by Gasteiger charge is -2.40. The van der Waals surface area contributed by atoms with E-state index in [-0.39, 0.29) is 30.3 Å². The van der Waals surface area contributed by atoms with E-state index < -0.39 is 12.2 Å². The number of hydrogen-bond acceptors (Lipinski definition) is 8. The van der Waals surface area contributed by atoms with Crippen molar-refractivity contribution in [1.82, 2.24) is 21.3 Å². The highest BCUT2D eigenvalue weighted by atomic mass is 16.5. The summed E-state index contributed by atoms with van der Waals surface area (Å²) in [5.41, 5.74) is 12.4. The topological polar surface area (TPSA) is 110 Å². The summed E-state index contributed by atoms with van der Waals surface area (Å²) in [5, 5.41) is 4.84. The fourth-order valence-corrected chi connectivity index (χ4v) is 3.98. The number of nitrogens with two attached hydrogens (primary N) is 1. The van der Waals surface area contributed by atoms with Crippen LogP contribution < -0.4 is 22.0 Å². The number of nitrogens with zero attached hydrogens (tertiary/aromatic N) is 1. The minimum absolute atomic E-state index is 0.0437. The van der Waals surface area contributed by atoms with Gasteiger partial charge in [0, 0.05) is 27.4 Å². The molecule has 9 nitrogen and oxygen atoms in total. The van der Waals surface area contributed by atoms with Crippen molar-refractivity contribution in [3.8, 4) is 0 Å². The Bertz CT molecular complexity index is 448. The number of carbonyl (C=O) groups is 1. The molecule has 1 saturated carbocycles. The van der Waals surface area contributed by atoms with Crippen LogP contribution in [0.15, 0.2) is 0 Å². The molecule has 6 atom stereocenters. The summed E-state index contributed by atoms with van der Waals surface area (Å²) in [5.74, 6) is -0.119. The summed E-state index contributed by atoms with van der Waals surface area (Å²) in [4.78, 5) is 12.5. The minimum Gasteiger partial charge on any atom is -0.381 e. The maximum atomic E-state index is 12.5. The van der Waals surface area contributed by atoms with E-state index in [1.165, 1.54) is 0 Å². The van der Waals surface area contributed by atoms with Gasteiger partial charge in [0.25, 0.3) is 0 Å². The molecule has 25 heavy (non-hydrogen) atoms. The van der Waals surface area contributed by atoms with Gasteiger partial charge in [0.1, 0.15) is 6.04 Å². The first-order valence-electron chi connectivity index (χ1n) is 9.14. The Kier molecular flexibility index (Phi) is 6.61. The molecule has 9 heteroatoms. The Morgan fingerprint density at radius 2 is 2.16 bits per heavy atom. The molecule has 144 valence electrons. The van der Waals surface area contributed by atoms with Crippen LogP contribution in [-0.4, -0.2) is 74.8 Å². The molecule has 6 unspecified atom stereocenters. The van der Waals surface area contributed by atoms with Gasteiger partial charge in [0.05, 0.1) is 30.5 Å². The average molecular weight is 357 g/mol. The highest BCUT2D eigenvalue weighted by Gasteiger charge is 2.44. The maximum Gasteiger partial charge on any atom is 0.241 e. The monoisotopic (exact) mass is 357 g/mol. The van der Waals surface area contributed by atoms with E-state index >= 15 is 0 Å². The van der Waals surface area contributed by atoms with E-state index in [4.69, 9.17) is 19.9 Å². The van der Waals surface area contributed by atoms with Gasteiger partial charge in [-0.15, -0.1) is 0 Å². The Morgan fingerprint density at radius 1 is 1.32 bits per heavy atom. The van der Waals surface area contributed by atoms with Crippen molar-refractivity contribution in [3.05, 3.63) is 0 Å². The quantitative estimate of drug-likeness (QED) is 0.471. The van der Waals surface area contributed by atoms with Crippen molar-refractivity contribution in [1.29, 1.82) is 0 Å². The van der Waals surface area contributed by atoms with E-state index in [9.17, 15) is 4.79 Å². The molecule has 0 spiro atoms. The van der Waals surface area contributed by atoms with Crippen molar-refractivity contribution >= 4 is 5.91 Å². The second-order valence-electron chi connectivity index (χ2n) is 7.02. The predicted octanol–water partition coefficient (Wildman–Crippen LogP) is -1.16. The average Bonchev–Trinajstić information content (AvgIpc) is 3.28. The molecule has 5 N–H and O–H groups in total. The molecule has 0 aromatic rings. The lowest BCUT2D eigenvalue weighted by Crippen LogP contribution is -2.59. The van der Waals surface area contributed by atoms with Gasteiger partial charge >= 0.3 is 0 Å². The van der Waals surface area contributed by atoms with Gasteiger partial charge in [-0.25, -0.2) is 10.4 Å². The first kappa shape index (κ1) is 19.0. The first-order chi connectivity index (χ1) is 12.1. The molecule has 1 amide bonds. The SMILES string of the molecule is COC1CCC(OC)C(N2NNC(C(=O)NCC3CCCO3)C2N)C1. The maximum absolute atomic E-state index is 12.5. The van der Waals surface area contributed by atoms with Crippen molar-refractivity contribution in [2.24, 2.45) is 5.73 Å². The van der Waals surface area contributed by atoms with Gasteiger partial charge in [-0.2, -0.15) is 5.53 Å². The molecular weight excluding hydrogens is 326 g/mol. The van der Waals surface area contributed by atoms with E-state index in [0.717, 1.165) is 38.7 Å². The predicted molar refractivity (Wildman–Crippen MR) is 91.1 cm³/mol.